The molecule has 2 nitrogen and oxygen atoms in total. The maximum Gasteiger partial charge on any atom is 0.0168 e. The number of hydrogen-bond donors (Lipinski definition) is 1. The number of thioether (sulfide) groups is 1. The van der Waals surface area contributed by atoms with Gasteiger partial charge in [0.05, 0.1) is 0 Å². The van der Waals surface area contributed by atoms with Crippen LogP contribution in [0.4, 0.5) is 0 Å². The molecule has 0 radical (unpaired) electrons. The molecule has 1 aliphatic rings. The lowest BCUT2D eigenvalue weighted by molar-refractivity contribution is 0.221. The molecule has 0 saturated carbocycles. The van der Waals surface area contributed by atoms with Crippen molar-refractivity contribution in [3.63, 3.8) is 0 Å². The lowest BCUT2D eigenvalue weighted by Gasteiger charge is -2.30. The van der Waals surface area contributed by atoms with Crippen molar-refractivity contribution in [3.8, 4) is 0 Å². The first-order valence-corrected chi connectivity index (χ1v) is 6.99. The Morgan fingerprint density at radius 2 is 2.12 bits per heavy atom. The van der Waals surface area contributed by atoms with Gasteiger partial charge in [-0.2, -0.15) is 0 Å². The Labute approximate surface area is 102 Å². The first-order valence-electron chi connectivity index (χ1n) is 6.00. The van der Waals surface area contributed by atoms with Crippen molar-refractivity contribution in [2.24, 2.45) is 5.73 Å². The minimum atomic E-state index is 0.399. The third kappa shape index (κ3) is 3.81. The minimum absolute atomic E-state index is 0.399. The van der Waals surface area contributed by atoms with Crippen LogP contribution in [0.5, 0.6) is 0 Å². The van der Waals surface area contributed by atoms with E-state index in [9.17, 15) is 0 Å². The molecule has 0 spiro atoms. The van der Waals surface area contributed by atoms with Gasteiger partial charge >= 0.3 is 0 Å². The summed E-state index contributed by atoms with van der Waals surface area (Å²) >= 11 is 1.93. The molecule has 1 fully saturated rings. The summed E-state index contributed by atoms with van der Waals surface area (Å²) in [5, 5.41) is 0. The lowest BCUT2D eigenvalue weighted by atomic mass is 10.1. The smallest absolute Gasteiger partial charge is 0.0168 e. The molecule has 1 aromatic carbocycles. The zero-order valence-corrected chi connectivity index (χ0v) is 10.5. The topological polar surface area (TPSA) is 29.3 Å². The van der Waals surface area contributed by atoms with Gasteiger partial charge in [-0.3, -0.25) is 0 Å². The summed E-state index contributed by atoms with van der Waals surface area (Å²) in [5.41, 5.74) is 5.96. The van der Waals surface area contributed by atoms with Crippen molar-refractivity contribution >= 4 is 11.8 Å². The molecular weight excluding hydrogens is 216 g/mol. The van der Waals surface area contributed by atoms with E-state index in [1.54, 1.807) is 0 Å². The number of piperidine rings is 1. The molecule has 1 heterocycles. The Kier molecular flexibility index (Phi) is 4.69. The fraction of sp³-hybridized carbons (Fsp3) is 0.538. The second-order valence-corrected chi connectivity index (χ2v) is 5.53. The summed E-state index contributed by atoms with van der Waals surface area (Å²) in [6.45, 7) is 3.46. The molecule has 2 rings (SSSR count). The van der Waals surface area contributed by atoms with E-state index in [2.05, 4.69) is 35.2 Å². The highest BCUT2D eigenvalue weighted by Crippen LogP contribution is 2.17. The summed E-state index contributed by atoms with van der Waals surface area (Å²) in [7, 11) is 0. The van der Waals surface area contributed by atoms with Crippen molar-refractivity contribution in [1.82, 2.24) is 4.90 Å². The van der Waals surface area contributed by atoms with Crippen LogP contribution in [0.2, 0.25) is 0 Å². The lowest BCUT2D eigenvalue weighted by Crippen LogP contribution is -2.43. The van der Waals surface area contributed by atoms with Crippen LogP contribution in [-0.4, -0.2) is 36.3 Å². The van der Waals surface area contributed by atoms with Gasteiger partial charge in [0.2, 0.25) is 0 Å². The number of nitrogens with two attached hydrogens (primary N) is 1. The van der Waals surface area contributed by atoms with E-state index in [0.717, 1.165) is 18.8 Å². The molecule has 0 amide bonds. The standard InChI is InChI=1S/C13H20N2S/c14-12-5-4-8-15(11-12)9-10-16-13-6-2-1-3-7-13/h1-3,6-7,12H,4-5,8-11,14H2/t12-/m1/s1. The van der Waals surface area contributed by atoms with Gasteiger partial charge in [-0.1, -0.05) is 18.2 Å². The molecule has 0 aliphatic carbocycles. The summed E-state index contributed by atoms with van der Waals surface area (Å²) in [6, 6.07) is 11.0. The van der Waals surface area contributed by atoms with E-state index in [-0.39, 0.29) is 0 Å². The van der Waals surface area contributed by atoms with Gasteiger partial charge in [0.15, 0.2) is 0 Å². The second kappa shape index (κ2) is 6.28. The van der Waals surface area contributed by atoms with Gasteiger partial charge in [0, 0.05) is 29.8 Å². The summed E-state index contributed by atoms with van der Waals surface area (Å²) in [4.78, 5) is 3.85. The highest BCUT2D eigenvalue weighted by atomic mass is 32.2. The van der Waals surface area contributed by atoms with E-state index >= 15 is 0 Å². The molecule has 16 heavy (non-hydrogen) atoms. The molecule has 0 aromatic heterocycles. The monoisotopic (exact) mass is 236 g/mol. The highest BCUT2D eigenvalue weighted by molar-refractivity contribution is 7.99. The summed E-state index contributed by atoms with van der Waals surface area (Å²) in [5.74, 6) is 1.16. The molecule has 0 unspecified atom stereocenters. The number of benzene rings is 1. The van der Waals surface area contributed by atoms with Crippen LogP contribution >= 0.6 is 11.8 Å². The fourth-order valence-corrected chi connectivity index (χ4v) is 3.04. The third-order valence-corrected chi connectivity index (χ3v) is 3.95. The Morgan fingerprint density at radius 3 is 2.88 bits per heavy atom. The van der Waals surface area contributed by atoms with Gasteiger partial charge in [-0.05, 0) is 31.5 Å². The van der Waals surface area contributed by atoms with Crippen molar-refractivity contribution in [2.75, 3.05) is 25.4 Å². The van der Waals surface area contributed by atoms with E-state index in [1.807, 2.05) is 11.8 Å². The Hall–Kier alpha value is -0.510. The molecule has 3 heteroatoms. The molecular formula is C13H20N2S. The van der Waals surface area contributed by atoms with Crippen LogP contribution in [0.15, 0.2) is 35.2 Å². The van der Waals surface area contributed by atoms with Crippen molar-refractivity contribution in [2.45, 2.75) is 23.8 Å². The first kappa shape index (κ1) is 12.0. The zero-order valence-electron chi connectivity index (χ0n) is 9.64. The van der Waals surface area contributed by atoms with Crippen LogP contribution in [0.1, 0.15) is 12.8 Å². The molecule has 1 aliphatic heterocycles. The predicted octanol–water partition coefficient (Wildman–Crippen LogP) is 2.20. The Balaban J connectivity index is 1.68. The van der Waals surface area contributed by atoms with Gasteiger partial charge in [0.1, 0.15) is 0 Å². The van der Waals surface area contributed by atoms with Crippen LogP contribution in [0.3, 0.4) is 0 Å². The second-order valence-electron chi connectivity index (χ2n) is 4.36. The van der Waals surface area contributed by atoms with Gasteiger partial charge in [0.25, 0.3) is 0 Å². The van der Waals surface area contributed by atoms with Crippen molar-refractivity contribution < 1.29 is 0 Å². The maximum atomic E-state index is 5.96. The van der Waals surface area contributed by atoms with Crippen LogP contribution < -0.4 is 5.73 Å². The Bertz CT molecular complexity index is 302. The number of rotatable bonds is 4. The molecule has 1 saturated heterocycles. The van der Waals surface area contributed by atoms with E-state index in [0.29, 0.717) is 6.04 Å². The molecule has 1 atom stereocenters. The van der Waals surface area contributed by atoms with Crippen molar-refractivity contribution in [1.29, 1.82) is 0 Å². The SMILES string of the molecule is N[C@@H]1CCCN(CCSc2ccccc2)C1. The number of likely N-dealkylation sites (tertiary alicyclic amines) is 1. The van der Waals surface area contributed by atoms with Crippen LogP contribution in [-0.2, 0) is 0 Å². The average molecular weight is 236 g/mol. The van der Waals surface area contributed by atoms with E-state index in [1.165, 1.54) is 24.3 Å². The van der Waals surface area contributed by atoms with Gasteiger partial charge in [-0.25, -0.2) is 0 Å². The normalized spacial score (nSPS) is 22.2. The average Bonchev–Trinajstić information content (AvgIpc) is 2.30. The third-order valence-electron chi connectivity index (χ3n) is 2.96. The zero-order chi connectivity index (χ0) is 11.2. The van der Waals surface area contributed by atoms with Gasteiger partial charge in [-0.15, -0.1) is 11.8 Å². The van der Waals surface area contributed by atoms with Crippen molar-refractivity contribution in [3.05, 3.63) is 30.3 Å². The number of nitrogens with zero attached hydrogens (tertiary/aromatic N) is 1. The number of hydrogen-bond acceptors (Lipinski definition) is 3. The maximum absolute atomic E-state index is 5.96. The van der Waals surface area contributed by atoms with E-state index in [4.69, 9.17) is 5.73 Å². The fourth-order valence-electron chi connectivity index (χ4n) is 2.10. The first-order chi connectivity index (χ1) is 7.84. The predicted molar refractivity (Wildman–Crippen MR) is 70.8 cm³/mol. The highest BCUT2D eigenvalue weighted by Gasteiger charge is 2.15. The largest absolute Gasteiger partial charge is 0.327 e. The molecule has 0 bridgehead atoms. The quantitative estimate of drug-likeness (QED) is 0.813. The molecule has 1 aromatic rings. The Morgan fingerprint density at radius 1 is 1.31 bits per heavy atom. The molecule has 88 valence electrons. The van der Waals surface area contributed by atoms with Crippen LogP contribution in [0.25, 0.3) is 0 Å². The van der Waals surface area contributed by atoms with Crippen LogP contribution in [0, 0.1) is 0 Å². The van der Waals surface area contributed by atoms with E-state index < -0.39 is 0 Å². The summed E-state index contributed by atoms with van der Waals surface area (Å²) in [6.07, 6.45) is 2.46. The van der Waals surface area contributed by atoms with Gasteiger partial charge < -0.3 is 10.6 Å². The minimum Gasteiger partial charge on any atom is -0.327 e. The summed E-state index contributed by atoms with van der Waals surface area (Å²) < 4.78 is 0. The molecule has 2 N–H and O–H groups in total.